The summed E-state index contributed by atoms with van der Waals surface area (Å²) in [6, 6.07) is 0.563. The minimum Gasteiger partial charge on any atom is -0.370 e. The largest absolute Gasteiger partial charge is 0.370 e. The van der Waals surface area contributed by atoms with Gasteiger partial charge in [-0.05, 0) is 12.8 Å². The van der Waals surface area contributed by atoms with E-state index in [0.717, 1.165) is 5.56 Å². The minimum atomic E-state index is 0.531. The van der Waals surface area contributed by atoms with E-state index in [9.17, 15) is 0 Å². The maximum atomic E-state index is 5.64. The molecule has 0 bridgehead atoms. The highest BCUT2D eigenvalue weighted by molar-refractivity contribution is 5.78. The van der Waals surface area contributed by atoms with Crippen molar-refractivity contribution in [2.24, 2.45) is 10.7 Å². The Hall–Kier alpha value is -1.52. The molecule has 0 atom stereocenters. The molecule has 4 N–H and O–H groups in total. The zero-order valence-electron chi connectivity index (χ0n) is 7.33. The fraction of sp³-hybridized carbons (Fsp3) is 0.500. The predicted molar refractivity (Wildman–Crippen MR) is 50.1 cm³/mol. The monoisotopic (exact) mass is 179 g/mol. The molecule has 0 aromatic carbocycles. The molecule has 5 nitrogen and oxygen atoms in total. The average Bonchev–Trinajstić information content (AvgIpc) is 2.78. The van der Waals surface area contributed by atoms with E-state index in [4.69, 9.17) is 5.73 Å². The third-order valence-electron chi connectivity index (χ3n) is 1.92. The van der Waals surface area contributed by atoms with Gasteiger partial charge in [0.25, 0.3) is 0 Å². The lowest BCUT2D eigenvalue weighted by atomic mass is 10.4. The van der Waals surface area contributed by atoms with Crippen molar-refractivity contribution in [2.75, 3.05) is 0 Å². The molecule has 1 heterocycles. The van der Waals surface area contributed by atoms with Crippen LogP contribution in [0.2, 0.25) is 0 Å². The molecule has 1 aliphatic carbocycles. The van der Waals surface area contributed by atoms with Crippen molar-refractivity contribution in [3.8, 4) is 0 Å². The molecule has 5 heteroatoms. The van der Waals surface area contributed by atoms with Crippen molar-refractivity contribution in [2.45, 2.75) is 25.4 Å². The second kappa shape index (κ2) is 3.47. The Balaban J connectivity index is 1.81. The first-order chi connectivity index (χ1) is 6.34. The van der Waals surface area contributed by atoms with Crippen molar-refractivity contribution in [1.82, 2.24) is 15.5 Å². The van der Waals surface area contributed by atoms with Gasteiger partial charge in [0.15, 0.2) is 5.96 Å². The van der Waals surface area contributed by atoms with Crippen LogP contribution in [0, 0.1) is 0 Å². The first-order valence-electron chi connectivity index (χ1n) is 4.39. The Labute approximate surface area is 76.4 Å². The van der Waals surface area contributed by atoms with Gasteiger partial charge in [0.05, 0.1) is 12.7 Å². The van der Waals surface area contributed by atoms with Gasteiger partial charge in [-0.1, -0.05) is 0 Å². The smallest absolute Gasteiger partial charge is 0.189 e. The number of aliphatic imine (C=N–C) groups is 1. The fourth-order valence-corrected chi connectivity index (χ4v) is 1.02. The van der Waals surface area contributed by atoms with E-state index in [0.29, 0.717) is 18.5 Å². The van der Waals surface area contributed by atoms with Crippen LogP contribution in [0.1, 0.15) is 18.4 Å². The second-order valence-corrected chi connectivity index (χ2v) is 3.23. The van der Waals surface area contributed by atoms with Crippen LogP contribution >= 0.6 is 0 Å². The lowest BCUT2D eigenvalue weighted by Gasteiger charge is -2.01. The molecule has 13 heavy (non-hydrogen) atoms. The van der Waals surface area contributed by atoms with E-state index in [-0.39, 0.29) is 0 Å². The van der Waals surface area contributed by atoms with Crippen LogP contribution in [0.15, 0.2) is 17.4 Å². The number of H-pyrrole nitrogens is 1. The molecule has 0 radical (unpaired) electrons. The number of nitrogens with zero attached hydrogens (tertiary/aromatic N) is 2. The third-order valence-corrected chi connectivity index (χ3v) is 1.92. The molecule has 0 aliphatic heterocycles. The highest BCUT2D eigenvalue weighted by atomic mass is 15.1. The average molecular weight is 179 g/mol. The molecular weight excluding hydrogens is 166 g/mol. The number of aromatic amines is 1. The SMILES string of the molecule is NC(=NCc1cn[nH]c1)NC1CC1. The number of rotatable bonds is 3. The van der Waals surface area contributed by atoms with Gasteiger partial charge < -0.3 is 11.1 Å². The molecule has 70 valence electrons. The molecule has 1 aromatic heterocycles. The van der Waals surface area contributed by atoms with E-state index >= 15 is 0 Å². The van der Waals surface area contributed by atoms with Crippen LogP contribution < -0.4 is 11.1 Å². The van der Waals surface area contributed by atoms with E-state index in [1.165, 1.54) is 12.8 Å². The number of nitrogens with one attached hydrogen (secondary N) is 2. The molecule has 1 saturated carbocycles. The summed E-state index contributed by atoms with van der Waals surface area (Å²) in [5, 5.41) is 9.66. The summed E-state index contributed by atoms with van der Waals surface area (Å²) >= 11 is 0. The fourth-order valence-electron chi connectivity index (χ4n) is 1.02. The van der Waals surface area contributed by atoms with Gasteiger partial charge in [0.2, 0.25) is 0 Å². The number of guanidine groups is 1. The molecule has 1 aromatic rings. The van der Waals surface area contributed by atoms with Crippen molar-refractivity contribution >= 4 is 5.96 Å². The predicted octanol–water partition coefficient (Wildman–Crippen LogP) is -0.0236. The maximum Gasteiger partial charge on any atom is 0.189 e. The Morgan fingerprint density at radius 2 is 2.62 bits per heavy atom. The summed E-state index contributed by atoms with van der Waals surface area (Å²) in [5.41, 5.74) is 6.68. The quantitative estimate of drug-likeness (QED) is 0.450. The normalized spacial score (nSPS) is 17.4. The first kappa shape index (κ1) is 8.10. The van der Waals surface area contributed by atoms with Gasteiger partial charge in [0, 0.05) is 17.8 Å². The van der Waals surface area contributed by atoms with Crippen molar-refractivity contribution in [1.29, 1.82) is 0 Å². The highest BCUT2D eigenvalue weighted by Crippen LogP contribution is 2.17. The van der Waals surface area contributed by atoms with Gasteiger partial charge in [-0.3, -0.25) is 5.10 Å². The zero-order chi connectivity index (χ0) is 9.10. The summed E-state index contributed by atoms with van der Waals surface area (Å²) in [6.45, 7) is 0.585. The minimum absolute atomic E-state index is 0.531. The highest BCUT2D eigenvalue weighted by Gasteiger charge is 2.21. The van der Waals surface area contributed by atoms with Crippen LogP contribution in [-0.4, -0.2) is 22.2 Å². The summed E-state index contributed by atoms with van der Waals surface area (Å²) < 4.78 is 0. The van der Waals surface area contributed by atoms with E-state index < -0.39 is 0 Å². The van der Waals surface area contributed by atoms with Crippen LogP contribution in [0.5, 0.6) is 0 Å². The third kappa shape index (κ3) is 2.47. The van der Waals surface area contributed by atoms with E-state index in [1.54, 1.807) is 6.20 Å². The van der Waals surface area contributed by atoms with Gasteiger partial charge in [-0.15, -0.1) is 0 Å². The topological polar surface area (TPSA) is 79.1 Å². The molecule has 0 saturated heterocycles. The lowest BCUT2D eigenvalue weighted by Crippen LogP contribution is -2.33. The summed E-state index contributed by atoms with van der Waals surface area (Å²) in [7, 11) is 0. The summed E-state index contributed by atoms with van der Waals surface area (Å²) in [4.78, 5) is 4.17. The first-order valence-corrected chi connectivity index (χ1v) is 4.39. The number of nitrogens with two attached hydrogens (primary N) is 1. The van der Waals surface area contributed by atoms with Gasteiger partial charge >= 0.3 is 0 Å². The second-order valence-electron chi connectivity index (χ2n) is 3.23. The molecule has 0 amide bonds. The van der Waals surface area contributed by atoms with Gasteiger partial charge in [0.1, 0.15) is 0 Å². The van der Waals surface area contributed by atoms with Crippen molar-refractivity contribution in [3.63, 3.8) is 0 Å². The van der Waals surface area contributed by atoms with Gasteiger partial charge in [-0.25, -0.2) is 4.99 Å². The summed E-state index contributed by atoms with van der Waals surface area (Å²) in [5.74, 6) is 0.531. The summed E-state index contributed by atoms with van der Waals surface area (Å²) in [6.07, 6.45) is 5.98. The maximum absolute atomic E-state index is 5.64. The van der Waals surface area contributed by atoms with Crippen LogP contribution in [-0.2, 0) is 6.54 Å². The molecule has 2 rings (SSSR count). The van der Waals surface area contributed by atoms with Crippen molar-refractivity contribution < 1.29 is 0 Å². The standard InChI is InChI=1S/C8H13N5/c9-8(13-7-1-2-7)10-3-6-4-11-12-5-6/h4-5,7H,1-3H2,(H,11,12)(H3,9,10,13). The van der Waals surface area contributed by atoms with Crippen LogP contribution in [0.25, 0.3) is 0 Å². The van der Waals surface area contributed by atoms with E-state index in [1.807, 2.05) is 6.20 Å². The Morgan fingerprint density at radius 1 is 1.77 bits per heavy atom. The Morgan fingerprint density at radius 3 is 3.23 bits per heavy atom. The lowest BCUT2D eigenvalue weighted by molar-refractivity contribution is 0.879. The molecule has 0 unspecified atom stereocenters. The Kier molecular flexibility index (Phi) is 2.16. The molecule has 1 fully saturated rings. The molecule has 1 aliphatic rings. The number of aromatic nitrogens is 2. The number of hydrogen-bond donors (Lipinski definition) is 3. The van der Waals surface area contributed by atoms with Crippen molar-refractivity contribution in [3.05, 3.63) is 18.0 Å². The Bertz CT molecular complexity index is 285. The van der Waals surface area contributed by atoms with Crippen LogP contribution in [0.4, 0.5) is 0 Å². The zero-order valence-corrected chi connectivity index (χ0v) is 7.33. The van der Waals surface area contributed by atoms with E-state index in [2.05, 4.69) is 20.5 Å². The molecule has 0 spiro atoms. The van der Waals surface area contributed by atoms with Gasteiger partial charge in [-0.2, -0.15) is 5.10 Å². The molecular formula is C8H13N5. The number of hydrogen-bond acceptors (Lipinski definition) is 2. The van der Waals surface area contributed by atoms with Crippen LogP contribution in [0.3, 0.4) is 0 Å².